The molecular formula is C8H10Br2N2O2. The molecule has 0 bridgehead atoms. The fourth-order valence-electron chi connectivity index (χ4n) is 1.08. The molecular weight excluding hydrogens is 316 g/mol. The molecule has 14 heavy (non-hydrogen) atoms. The first-order valence-corrected chi connectivity index (χ1v) is 5.51. The summed E-state index contributed by atoms with van der Waals surface area (Å²) in [4.78, 5) is 11.0. The van der Waals surface area contributed by atoms with Crippen LogP contribution in [-0.4, -0.2) is 20.9 Å². The van der Waals surface area contributed by atoms with Crippen molar-refractivity contribution in [2.75, 3.05) is 0 Å². The fraction of sp³-hybridized carbons (Fsp3) is 0.500. The van der Waals surface area contributed by atoms with Gasteiger partial charge in [0.1, 0.15) is 4.60 Å². The van der Waals surface area contributed by atoms with Gasteiger partial charge in [-0.15, -0.1) is 0 Å². The molecule has 0 saturated carbocycles. The van der Waals surface area contributed by atoms with Crippen LogP contribution in [0.3, 0.4) is 0 Å². The molecule has 0 aliphatic heterocycles. The fourth-order valence-corrected chi connectivity index (χ4v) is 1.78. The van der Waals surface area contributed by atoms with Crippen molar-refractivity contribution in [2.24, 2.45) is 0 Å². The van der Waals surface area contributed by atoms with Crippen molar-refractivity contribution in [3.8, 4) is 0 Å². The molecule has 0 aromatic carbocycles. The number of aromatic nitrogens is 2. The molecule has 0 amide bonds. The molecule has 0 saturated heterocycles. The molecule has 0 atom stereocenters. The van der Waals surface area contributed by atoms with Crippen molar-refractivity contribution in [1.29, 1.82) is 0 Å². The smallest absolute Gasteiger partial charge is 0.331 e. The standard InChI is InChI=1S/C8H10Br2N2O2/c1-4-5(9)6(10)11-12(4)8(2,3)7(13)14/h1-3H3,(H,13,14). The lowest BCUT2D eigenvalue weighted by atomic mass is 10.1. The Morgan fingerprint density at radius 1 is 1.50 bits per heavy atom. The molecule has 0 aliphatic rings. The molecule has 0 fully saturated rings. The van der Waals surface area contributed by atoms with Crippen molar-refractivity contribution in [3.63, 3.8) is 0 Å². The van der Waals surface area contributed by atoms with E-state index in [0.29, 0.717) is 4.60 Å². The first-order chi connectivity index (χ1) is 6.28. The van der Waals surface area contributed by atoms with Crippen LogP contribution in [-0.2, 0) is 10.3 Å². The van der Waals surface area contributed by atoms with Gasteiger partial charge >= 0.3 is 5.97 Å². The summed E-state index contributed by atoms with van der Waals surface area (Å²) in [6, 6.07) is 0. The number of halogens is 2. The Balaban J connectivity index is 3.33. The summed E-state index contributed by atoms with van der Waals surface area (Å²) in [5.41, 5.74) is -0.261. The second-order valence-electron chi connectivity index (χ2n) is 3.47. The molecule has 6 heteroatoms. The molecule has 78 valence electrons. The lowest BCUT2D eigenvalue weighted by Gasteiger charge is -2.21. The predicted octanol–water partition coefficient (Wildman–Crippen LogP) is 2.54. The van der Waals surface area contributed by atoms with Crippen LogP contribution >= 0.6 is 31.9 Å². The summed E-state index contributed by atoms with van der Waals surface area (Å²) in [5.74, 6) is -0.914. The zero-order chi connectivity index (χ0) is 11.1. The van der Waals surface area contributed by atoms with Gasteiger partial charge in [-0.25, -0.2) is 4.79 Å². The van der Waals surface area contributed by atoms with Gasteiger partial charge in [0.15, 0.2) is 5.54 Å². The Kier molecular flexibility index (Phi) is 3.06. The second-order valence-corrected chi connectivity index (χ2v) is 5.01. The summed E-state index contributed by atoms with van der Waals surface area (Å²) in [5, 5.41) is 13.1. The maximum atomic E-state index is 11.0. The molecule has 4 nitrogen and oxygen atoms in total. The van der Waals surface area contributed by atoms with Gasteiger partial charge < -0.3 is 5.11 Å². The van der Waals surface area contributed by atoms with Crippen LogP contribution in [0.5, 0.6) is 0 Å². The first-order valence-electron chi connectivity index (χ1n) is 3.93. The maximum Gasteiger partial charge on any atom is 0.331 e. The number of carboxylic acid groups (broad SMARTS) is 1. The number of carbonyl (C=O) groups is 1. The zero-order valence-electron chi connectivity index (χ0n) is 8.01. The van der Waals surface area contributed by atoms with Crippen LogP contribution in [0.1, 0.15) is 19.5 Å². The van der Waals surface area contributed by atoms with Crippen molar-refractivity contribution in [3.05, 3.63) is 14.8 Å². The van der Waals surface area contributed by atoms with Crippen LogP contribution in [0.25, 0.3) is 0 Å². The Bertz CT molecular complexity index is 385. The Labute approximate surface area is 98.6 Å². The molecule has 1 aromatic heterocycles. The van der Waals surface area contributed by atoms with Crippen molar-refractivity contribution >= 4 is 37.8 Å². The van der Waals surface area contributed by atoms with E-state index in [4.69, 9.17) is 5.11 Å². The first kappa shape index (κ1) is 11.7. The molecule has 1 aromatic rings. The maximum absolute atomic E-state index is 11.0. The third kappa shape index (κ3) is 1.72. The second kappa shape index (κ2) is 3.66. The average molecular weight is 326 g/mol. The Morgan fingerprint density at radius 3 is 2.29 bits per heavy atom. The van der Waals surface area contributed by atoms with Gasteiger partial charge in [-0.1, -0.05) is 0 Å². The largest absolute Gasteiger partial charge is 0.479 e. The van der Waals surface area contributed by atoms with Gasteiger partial charge in [-0.05, 0) is 52.6 Å². The topological polar surface area (TPSA) is 55.1 Å². The molecule has 0 aliphatic carbocycles. The third-order valence-electron chi connectivity index (χ3n) is 2.06. The van der Waals surface area contributed by atoms with E-state index in [1.165, 1.54) is 4.68 Å². The zero-order valence-corrected chi connectivity index (χ0v) is 11.2. The number of nitrogens with zero attached hydrogens (tertiary/aromatic N) is 2. The average Bonchev–Trinajstić information content (AvgIpc) is 2.33. The summed E-state index contributed by atoms with van der Waals surface area (Å²) in [7, 11) is 0. The normalized spacial score (nSPS) is 11.8. The molecule has 1 N–H and O–H groups in total. The van der Waals surface area contributed by atoms with E-state index < -0.39 is 11.5 Å². The number of hydrogen-bond donors (Lipinski definition) is 1. The van der Waals surface area contributed by atoms with E-state index in [9.17, 15) is 4.79 Å². The van der Waals surface area contributed by atoms with E-state index >= 15 is 0 Å². The predicted molar refractivity (Wildman–Crippen MR) is 59.3 cm³/mol. The van der Waals surface area contributed by atoms with Crippen molar-refractivity contribution in [2.45, 2.75) is 26.3 Å². The Hall–Kier alpha value is -0.360. The van der Waals surface area contributed by atoms with Crippen molar-refractivity contribution in [1.82, 2.24) is 9.78 Å². The lowest BCUT2D eigenvalue weighted by Crippen LogP contribution is -2.37. The minimum Gasteiger partial charge on any atom is -0.479 e. The van der Waals surface area contributed by atoms with E-state index in [0.717, 1.165) is 10.2 Å². The molecule has 0 spiro atoms. The highest BCUT2D eigenvalue weighted by atomic mass is 79.9. The van der Waals surface area contributed by atoms with E-state index in [1.807, 2.05) is 6.92 Å². The van der Waals surface area contributed by atoms with Crippen LogP contribution < -0.4 is 0 Å². The summed E-state index contributed by atoms with van der Waals surface area (Å²) >= 11 is 6.56. The highest BCUT2D eigenvalue weighted by molar-refractivity contribution is 9.13. The third-order valence-corrected chi connectivity index (χ3v) is 4.09. The molecule has 0 unspecified atom stereocenters. The van der Waals surface area contributed by atoms with Crippen molar-refractivity contribution < 1.29 is 9.90 Å². The van der Waals surface area contributed by atoms with Crippen LogP contribution in [0, 0.1) is 6.92 Å². The molecule has 0 radical (unpaired) electrons. The lowest BCUT2D eigenvalue weighted by molar-refractivity contribution is -0.146. The monoisotopic (exact) mass is 324 g/mol. The summed E-state index contributed by atoms with van der Waals surface area (Å²) in [6.45, 7) is 5.02. The highest BCUT2D eigenvalue weighted by Crippen LogP contribution is 2.29. The van der Waals surface area contributed by atoms with Gasteiger partial charge in [0.25, 0.3) is 0 Å². The number of aliphatic carboxylic acids is 1. The van der Waals surface area contributed by atoms with Gasteiger partial charge in [0, 0.05) is 0 Å². The summed E-state index contributed by atoms with van der Waals surface area (Å²) < 4.78 is 2.87. The minimum absolute atomic E-state index is 0.615. The van der Waals surface area contributed by atoms with Gasteiger partial charge in [-0.3, -0.25) is 4.68 Å². The van der Waals surface area contributed by atoms with Gasteiger partial charge in [-0.2, -0.15) is 5.10 Å². The van der Waals surface area contributed by atoms with Gasteiger partial charge in [0.05, 0.1) is 10.2 Å². The van der Waals surface area contributed by atoms with Crippen LogP contribution in [0.2, 0.25) is 0 Å². The SMILES string of the molecule is Cc1c(Br)c(Br)nn1C(C)(C)C(=O)O. The minimum atomic E-state index is -1.04. The number of rotatable bonds is 2. The van der Waals surface area contributed by atoms with Crippen LogP contribution in [0.15, 0.2) is 9.08 Å². The van der Waals surface area contributed by atoms with E-state index in [2.05, 4.69) is 37.0 Å². The Morgan fingerprint density at radius 2 is 2.00 bits per heavy atom. The van der Waals surface area contributed by atoms with E-state index in [1.54, 1.807) is 13.8 Å². The highest BCUT2D eigenvalue weighted by Gasteiger charge is 2.32. The molecule has 1 heterocycles. The molecule has 1 rings (SSSR count). The quantitative estimate of drug-likeness (QED) is 0.909. The van der Waals surface area contributed by atoms with Crippen LogP contribution in [0.4, 0.5) is 0 Å². The van der Waals surface area contributed by atoms with E-state index in [-0.39, 0.29) is 0 Å². The summed E-state index contributed by atoms with van der Waals surface area (Å²) in [6.07, 6.45) is 0. The van der Waals surface area contributed by atoms with Gasteiger partial charge in [0.2, 0.25) is 0 Å². The number of hydrogen-bond acceptors (Lipinski definition) is 2. The number of carboxylic acids is 1.